The molecular weight excluding hydrogens is 306 g/mol. The lowest BCUT2D eigenvalue weighted by Gasteiger charge is -2.18. The highest BCUT2D eigenvalue weighted by molar-refractivity contribution is 5.73. The third kappa shape index (κ3) is 5.22. The fraction of sp³-hybridized carbons (Fsp3) is 0.389. The van der Waals surface area contributed by atoms with Crippen molar-refractivity contribution in [2.75, 3.05) is 20.2 Å². The molecule has 1 heterocycles. The summed E-state index contributed by atoms with van der Waals surface area (Å²) in [5.74, 6) is 2.00. The summed E-state index contributed by atoms with van der Waals surface area (Å²) in [5.41, 5.74) is 0.848. The van der Waals surface area contributed by atoms with Crippen molar-refractivity contribution in [1.82, 2.24) is 14.9 Å². The first kappa shape index (κ1) is 17.7. The van der Waals surface area contributed by atoms with E-state index in [1.165, 1.54) is 0 Å². The van der Waals surface area contributed by atoms with Crippen molar-refractivity contribution in [3.8, 4) is 17.4 Å². The van der Waals surface area contributed by atoms with E-state index in [9.17, 15) is 4.79 Å². The Morgan fingerprint density at radius 3 is 2.50 bits per heavy atom. The highest BCUT2D eigenvalue weighted by Crippen LogP contribution is 2.22. The van der Waals surface area contributed by atoms with E-state index in [0.717, 1.165) is 37.4 Å². The minimum Gasteiger partial charge on any atom is -0.497 e. The number of ether oxygens (including phenoxy) is 2. The second-order valence-electron chi connectivity index (χ2n) is 5.33. The van der Waals surface area contributed by atoms with Crippen molar-refractivity contribution in [2.45, 2.75) is 26.7 Å². The number of aromatic nitrogens is 2. The number of methoxy groups -OCH3 is 1. The minimum atomic E-state index is 0.0974. The van der Waals surface area contributed by atoms with Gasteiger partial charge in [0.1, 0.15) is 11.5 Å². The molecule has 1 aromatic carbocycles. The zero-order valence-corrected chi connectivity index (χ0v) is 14.4. The number of carbonyl (C=O) groups excluding carboxylic acids is 1. The van der Waals surface area contributed by atoms with Crippen molar-refractivity contribution < 1.29 is 14.3 Å². The van der Waals surface area contributed by atoms with E-state index >= 15 is 0 Å². The third-order valence-electron chi connectivity index (χ3n) is 3.63. The summed E-state index contributed by atoms with van der Waals surface area (Å²) in [4.78, 5) is 21.8. The van der Waals surface area contributed by atoms with E-state index in [1.54, 1.807) is 26.4 Å². The molecule has 6 heteroatoms. The van der Waals surface area contributed by atoms with Crippen LogP contribution in [-0.2, 0) is 11.2 Å². The first-order valence-corrected chi connectivity index (χ1v) is 8.00. The summed E-state index contributed by atoms with van der Waals surface area (Å²) in [7, 11) is 1.62. The Hall–Kier alpha value is -2.63. The average molecular weight is 329 g/mol. The maximum Gasteiger partial charge on any atom is 0.238 e. The summed E-state index contributed by atoms with van der Waals surface area (Å²) in [6, 6.07) is 7.29. The molecule has 0 fully saturated rings. The Morgan fingerprint density at radius 2 is 1.88 bits per heavy atom. The molecule has 0 aliphatic carbocycles. The summed E-state index contributed by atoms with van der Waals surface area (Å²) >= 11 is 0. The van der Waals surface area contributed by atoms with Crippen LogP contribution in [0.3, 0.4) is 0 Å². The number of hydrogen-bond donors (Lipinski definition) is 0. The van der Waals surface area contributed by atoms with Crippen molar-refractivity contribution in [3.63, 3.8) is 0 Å². The lowest BCUT2D eigenvalue weighted by atomic mass is 10.2. The number of carbonyl (C=O) groups is 1. The summed E-state index contributed by atoms with van der Waals surface area (Å²) in [6.07, 6.45) is 4.90. The van der Waals surface area contributed by atoms with Crippen LogP contribution in [0.5, 0.6) is 17.4 Å². The molecule has 0 spiro atoms. The molecule has 0 unspecified atom stereocenters. The van der Waals surface area contributed by atoms with Gasteiger partial charge < -0.3 is 14.4 Å². The normalized spacial score (nSPS) is 10.3. The second-order valence-corrected chi connectivity index (χ2v) is 5.33. The van der Waals surface area contributed by atoms with Crippen LogP contribution < -0.4 is 9.47 Å². The smallest absolute Gasteiger partial charge is 0.238 e. The Labute approximate surface area is 142 Å². The predicted molar refractivity (Wildman–Crippen MR) is 91.3 cm³/mol. The number of rotatable bonds is 8. The van der Waals surface area contributed by atoms with Gasteiger partial charge in [-0.2, -0.15) is 0 Å². The molecule has 0 saturated carbocycles. The van der Waals surface area contributed by atoms with Crippen molar-refractivity contribution in [3.05, 3.63) is 42.4 Å². The third-order valence-corrected chi connectivity index (χ3v) is 3.63. The van der Waals surface area contributed by atoms with Crippen LogP contribution in [0.4, 0.5) is 0 Å². The number of amides is 1. The minimum absolute atomic E-state index is 0.0974. The van der Waals surface area contributed by atoms with Crippen LogP contribution in [0.1, 0.15) is 26.0 Å². The van der Waals surface area contributed by atoms with Crippen molar-refractivity contribution in [2.24, 2.45) is 0 Å². The lowest BCUT2D eigenvalue weighted by molar-refractivity contribution is -0.128. The van der Waals surface area contributed by atoms with E-state index in [0.29, 0.717) is 11.6 Å². The van der Waals surface area contributed by atoms with Crippen molar-refractivity contribution >= 4 is 5.91 Å². The van der Waals surface area contributed by atoms with Crippen LogP contribution in [0.25, 0.3) is 0 Å². The standard InChI is InChI=1S/C18H23N3O3/c1-4-21(14(2)22)11-5-6-15-12-19-13-18(20-15)24-17-9-7-16(23-3)8-10-17/h7-10,12-13H,4-6,11H2,1-3H3. The molecule has 6 nitrogen and oxygen atoms in total. The van der Waals surface area contributed by atoms with Gasteiger partial charge in [-0.1, -0.05) is 0 Å². The maximum atomic E-state index is 11.4. The fourth-order valence-corrected chi connectivity index (χ4v) is 2.31. The van der Waals surface area contributed by atoms with E-state index in [-0.39, 0.29) is 5.91 Å². The molecule has 0 aliphatic heterocycles. The highest BCUT2D eigenvalue weighted by Gasteiger charge is 2.07. The molecule has 1 amide bonds. The molecule has 128 valence electrons. The molecule has 0 aliphatic rings. The van der Waals surface area contributed by atoms with Gasteiger partial charge in [-0.3, -0.25) is 9.78 Å². The van der Waals surface area contributed by atoms with E-state index in [1.807, 2.05) is 36.1 Å². The molecule has 0 bridgehead atoms. The first-order chi connectivity index (χ1) is 11.6. The van der Waals surface area contributed by atoms with Crippen LogP contribution in [0.15, 0.2) is 36.7 Å². The van der Waals surface area contributed by atoms with Crippen LogP contribution in [0, 0.1) is 0 Å². The Balaban J connectivity index is 1.92. The van der Waals surface area contributed by atoms with Crippen LogP contribution in [0.2, 0.25) is 0 Å². The quantitative estimate of drug-likeness (QED) is 0.744. The maximum absolute atomic E-state index is 11.4. The summed E-state index contributed by atoms with van der Waals surface area (Å²) in [6.45, 7) is 5.01. The van der Waals surface area contributed by atoms with Gasteiger partial charge in [0, 0.05) is 26.2 Å². The van der Waals surface area contributed by atoms with Gasteiger partial charge in [-0.05, 0) is 44.0 Å². The number of benzene rings is 1. The van der Waals surface area contributed by atoms with E-state index in [4.69, 9.17) is 9.47 Å². The lowest BCUT2D eigenvalue weighted by Crippen LogP contribution is -2.29. The topological polar surface area (TPSA) is 64.6 Å². The molecule has 24 heavy (non-hydrogen) atoms. The highest BCUT2D eigenvalue weighted by atomic mass is 16.5. The van der Waals surface area contributed by atoms with Gasteiger partial charge in [0.05, 0.1) is 19.0 Å². The van der Waals surface area contributed by atoms with Gasteiger partial charge in [-0.25, -0.2) is 4.98 Å². The first-order valence-electron chi connectivity index (χ1n) is 8.00. The molecule has 2 rings (SSSR count). The molecule has 0 saturated heterocycles. The van der Waals surface area contributed by atoms with Gasteiger partial charge in [0.2, 0.25) is 11.8 Å². The zero-order valence-electron chi connectivity index (χ0n) is 14.4. The van der Waals surface area contributed by atoms with Gasteiger partial charge in [-0.15, -0.1) is 0 Å². The molecule has 2 aromatic rings. The van der Waals surface area contributed by atoms with Crippen molar-refractivity contribution in [1.29, 1.82) is 0 Å². The molecule has 0 N–H and O–H groups in total. The van der Waals surface area contributed by atoms with E-state index in [2.05, 4.69) is 9.97 Å². The Bertz CT molecular complexity index is 659. The Kier molecular flexibility index (Phi) is 6.54. The zero-order chi connectivity index (χ0) is 17.4. The molecule has 1 aromatic heterocycles. The molecule has 0 radical (unpaired) electrons. The molecule has 0 atom stereocenters. The van der Waals surface area contributed by atoms with Crippen LogP contribution >= 0.6 is 0 Å². The van der Waals surface area contributed by atoms with Crippen LogP contribution in [-0.4, -0.2) is 41.0 Å². The van der Waals surface area contributed by atoms with Gasteiger partial charge in [0.25, 0.3) is 0 Å². The second kappa shape index (κ2) is 8.86. The number of hydrogen-bond acceptors (Lipinski definition) is 5. The fourth-order valence-electron chi connectivity index (χ4n) is 2.31. The molecular formula is C18H23N3O3. The summed E-state index contributed by atoms with van der Waals surface area (Å²) < 4.78 is 10.8. The SMILES string of the molecule is CCN(CCCc1cncc(Oc2ccc(OC)cc2)n1)C(C)=O. The van der Waals surface area contributed by atoms with Gasteiger partial charge in [0.15, 0.2) is 0 Å². The predicted octanol–water partition coefficient (Wildman–Crippen LogP) is 3.08. The van der Waals surface area contributed by atoms with E-state index < -0.39 is 0 Å². The number of nitrogens with zero attached hydrogens (tertiary/aromatic N) is 3. The summed E-state index contributed by atoms with van der Waals surface area (Å²) in [5, 5.41) is 0. The number of aryl methyl sites for hydroxylation is 1. The Morgan fingerprint density at radius 1 is 1.17 bits per heavy atom. The monoisotopic (exact) mass is 329 g/mol. The average Bonchev–Trinajstić information content (AvgIpc) is 2.59. The largest absolute Gasteiger partial charge is 0.497 e. The van der Waals surface area contributed by atoms with Gasteiger partial charge >= 0.3 is 0 Å².